The molecule has 0 fully saturated rings. The van der Waals surface area contributed by atoms with E-state index < -0.39 is 0 Å². The first-order valence-electron chi connectivity index (χ1n) is 6.36. The maximum Gasteiger partial charge on any atom is 0.0488 e. The fourth-order valence-corrected chi connectivity index (χ4v) is 1.86. The zero-order valence-corrected chi connectivity index (χ0v) is 11.3. The standard InChI is InChI=1S/C14H27NO/c1-5-7-8-9-14(15-10-6-2)11-13(3)12-16-4/h13-15H,6,8-12H2,1-4H3. The van der Waals surface area contributed by atoms with Gasteiger partial charge in [0.15, 0.2) is 0 Å². The van der Waals surface area contributed by atoms with Gasteiger partial charge in [-0.25, -0.2) is 0 Å². The van der Waals surface area contributed by atoms with Crippen molar-refractivity contribution in [3.8, 4) is 11.8 Å². The molecule has 0 aromatic carbocycles. The van der Waals surface area contributed by atoms with Gasteiger partial charge in [-0.2, -0.15) is 0 Å². The lowest BCUT2D eigenvalue weighted by molar-refractivity contribution is 0.148. The monoisotopic (exact) mass is 225 g/mol. The minimum atomic E-state index is 0.589. The molecule has 2 atom stereocenters. The summed E-state index contributed by atoms with van der Waals surface area (Å²) in [5, 5.41) is 3.59. The second-order valence-corrected chi connectivity index (χ2v) is 4.41. The fraction of sp³-hybridized carbons (Fsp3) is 0.857. The molecule has 2 heteroatoms. The van der Waals surface area contributed by atoms with Crippen LogP contribution in [0.5, 0.6) is 0 Å². The molecule has 0 saturated heterocycles. The van der Waals surface area contributed by atoms with E-state index in [-0.39, 0.29) is 0 Å². The lowest BCUT2D eigenvalue weighted by atomic mass is 9.99. The lowest BCUT2D eigenvalue weighted by Gasteiger charge is -2.21. The van der Waals surface area contributed by atoms with Crippen LogP contribution in [-0.2, 0) is 4.74 Å². The molecule has 1 N–H and O–H groups in total. The van der Waals surface area contributed by atoms with Gasteiger partial charge in [-0.1, -0.05) is 13.8 Å². The molecule has 0 aromatic rings. The van der Waals surface area contributed by atoms with Crippen molar-refractivity contribution in [2.24, 2.45) is 5.92 Å². The van der Waals surface area contributed by atoms with E-state index in [1.807, 2.05) is 6.92 Å². The summed E-state index contributed by atoms with van der Waals surface area (Å²) < 4.78 is 5.18. The Labute approximate surface area is 101 Å². The molecule has 2 nitrogen and oxygen atoms in total. The topological polar surface area (TPSA) is 21.3 Å². The van der Waals surface area contributed by atoms with E-state index in [1.165, 1.54) is 12.8 Å². The molecular formula is C14H27NO. The van der Waals surface area contributed by atoms with Gasteiger partial charge in [-0.3, -0.25) is 0 Å². The van der Waals surface area contributed by atoms with Crippen LogP contribution in [0.2, 0.25) is 0 Å². The summed E-state index contributed by atoms with van der Waals surface area (Å²) in [5.41, 5.74) is 0. The molecule has 0 radical (unpaired) electrons. The first-order chi connectivity index (χ1) is 7.74. The van der Waals surface area contributed by atoms with Gasteiger partial charge in [0.1, 0.15) is 0 Å². The molecule has 0 aliphatic heterocycles. The quantitative estimate of drug-likeness (QED) is 0.609. The highest BCUT2D eigenvalue weighted by atomic mass is 16.5. The van der Waals surface area contributed by atoms with Crippen molar-refractivity contribution in [2.75, 3.05) is 20.3 Å². The van der Waals surface area contributed by atoms with E-state index in [9.17, 15) is 0 Å². The van der Waals surface area contributed by atoms with E-state index in [2.05, 4.69) is 31.0 Å². The zero-order valence-electron chi connectivity index (χ0n) is 11.3. The second kappa shape index (κ2) is 11.0. The van der Waals surface area contributed by atoms with Crippen molar-refractivity contribution < 1.29 is 4.74 Å². The van der Waals surface area contributed by atoms with Gasteiger partial charge in [-0.05, 0) is 38.6 Å². The number of hydrogen-bond acceptors (Lipinski definition) is 2. The summed E-state index contributed by atoms with van der Waals surface area (Å²) in [5.74, 6) is 6.71. The Morgan fingerprint density at radius 2 is 2.12 bits per heavy atom. The van der Waals surface area contributed by atoms with Gasteiger partial charge >= 0.3 is 0 Å². The van der Waals surface area contributed by atoms with Crippen LogP contribution in [0, 0.1) is 17.8 Å². The number of ether oxygens (including phenoxy) is 1. The van der Waals surface area contributed by atoms with Crippen LogP contribution in [0.1, 0.15) is 46.5 Å². The van der Waals surface area contributed by atoms with Crippen LogP contribution < -0.4 is 5.32 Å². The summed E-state index contributed by atoms with van der Waals surface area (Å²) in [7, 11) is 1.77. The lowest BCUT2D eigenvalue weighted by Crippen LogP contribution is -2.32. The highest BCUT2D eigenvalue weighted by Crippen LogP contribution is 2.10. The molecule has 0 saturated carbocycles. The predicted octanol–water partition coefficient (Wildman–Crippen LogP) is 2.83. The Balaban J connectivity index is 3.91. The van der Waals surface area contributed by atoms with Crippen molar-refractivity contribution in [2.45, 2.75) is 52.5 Å². The third kappa shape index (κ3) is 8.76. The molecule has 94 valence electrons. The molecule has 0 aromatic heterocycles. The molecule has 2 unspecified atom stereocenters. The van der Waals surface area contributed by atoms with Gasteiger partial charge in [0.25, 0.3) is 0 Å². The molecule has 0 rings (SSSR count). The van der Waals surface area contributed by atoms with Gasteiger partial charge < -0.3 is 10.1 Å². The van der Waals surface area contributed by atoms with Crippen LogP contribution >= 0.6 is 0 Å². The molecule has 0 aliphatic rings. The summed E-state index contributed by atoms with van der Waals surface area (Å²) in [6.07, 6.45) is 4.51. The van der Waals surface area contributed by atoms with E-state index in [4.69, 9.17) is 4.74 Å². The van der Waals surface area contributed by atoms with Crippen molar-refractivity contribution in [3.63, 3.8) is 0 Å². The first kappa shape index (κ1) is 15.5. The summed E-state index contributed by atoms with van der Waals surface area (Å²) in [4.78, 5) is 0. The number of nitrogens with one attached hydrogen (secondary N) is 1. The summed E-state index contributed by atoms with van der Waals surface area (Å²) in [6.45, 7) is 8.31. The van der Waals surface area contributed by atoms with Crippen LogP contribution in [0.3, 0.4) is 0 Å². The average molecular weight is 225 g/mol. The van der Waals surface area contributed by atoms with Crippen LogP contribution in [0.4, 0.5) is 0 Å². The van der Waals surface area contributed by atoms with Gasteiger partial charge in [0.2, 0.25) is 0 Å². The van der Waals surface area contributed by atoms with E-state index in [0.29, 0.717) is 12.0 Å². The highest BCUT2D eigenvalue weighted by Gasteiger charge is 2.11. The maximum atomic E-state index is 5.18. The number of rotatable bonds is 9. The number of methoxy groups -OCH3 is 1. The van der Waals surface area contributed by atoms with Gasteiger partial charge in [-0.15, -0.1) is 11.8 Å². The highest BCUT2D eigenvalue weighted by molar-refractivity contribution is 4.95. The fourth-order valence-electron chi connectivity index (χ4n) is 1.86. The minimum Gasteiger partial charge on any atom is -0.384 e. The van der Waals surface area contributed by atoms with Crippen molar-refractivity contribution in [3.05, 3.63) is 0 Å². The maximum absolute atomic E-state index is 5.18. The smallest absolute Gasteiger partial charge is 0.0488 e. The van der Waals surface area contributed by atoms with Crippen molar-refractivity contribution in [1.82, 2.24) is 5.32 Å². The second-order valence-electron chi connectivity index (χ2n) is 4.41. The van der Waals surface area contributed by atoms with E-state index in [1.54, 1.807) is 7.11 Å². The Bertz CT molecular complexity index is 205. The molecule has 16 heavy (non-hydrogen) atoms. The Morgan fingerprint density at radius 3 is 2.69 bits per heavy atom. The molecule has 0 heterocycles. The van der Waals surface area contributed by atoms with Gasteiger partial charge in [0, 0.05) is 26.2 Å². The largest absolute Gasteiger partial charge is 0.384 e. The van der Waals surface area contributed by atoms with Crippen LogP contribution in [0.15, 0.2) is 0 Å². The zero-order chi connectivity index (χ0) is 12.2. The first-order valence-corrected chi connectivity index (χ1v) is 6.36. The van der Waals surface area contributed by atoms with Crippen molar-refractivity contribution in [1.29, 1.82) is 0 Å². The molecule has 0 bridgehead atoms. The minimum absolute atomic E-state index is 0.589. The summed E-state index contributed by atoms with van der Waals surface area (Å²) in [6, 6.07) is 0.589. The Kier molecular flexibility index (Phi) is 10.6. The predicted molar refractivity (Wildman–Crippen MR) is 70.4 cm³/mol. The van der Waals surface area contributed by atoms with E-state index >= 15 is 0 Å². The SMILES string of the molecule is CC#CCCC(CC(C)COC)NCCC. The normalized spacial score (nSPS) is 14.0. The molecule has 0 amide bonds. The van der Waals surface area contributed by atoms with Gasteiger partial charge in [0.05, 0.1) is 0 Å². The molecular weight excluding hydrogens is 198 g/mol. The molecule has 0 aliphatic carbocycles. The van der Waals surface area contributed by atoms with Crippen LogP contribution in [0.25, 0.3) is 0 Å². The molecule has 0 spiro atoms. The van der Waals surface area contributed by atoms with Crippen LogP contribution in [-0.4, -0.2) is 26.3 Å². The Hall–Kier alpha value is -0.520. The summed E-state index contributed by atoms with van der Waals surface area (Å²) >= 11 is 0. The third-order valence-electron chi connectivity index (χ3n) is 2.62. The average Bonchev–Trinajstić information content (AvgIpc) is 2.26. The Morgan fingerprint density at radius 1 is 1.38 bits per heavy atom. The third-order valence-corrected chi connectivity index (χ3v) is 2.62. The van der Waals surface area contributed by atoms with Crippen molar-refractivity contribution >= 4 is 0 Å². The van der Waals surface area contributed by atoms with E-state index in [0.717, 1.165) is 26.0 Å². The number of hydrogen-bond donors (Lipinski definition) is 1.